The third-order valence-corrected chi connectivity index (χ3v) is 4.92. The fraction of sp³-hybridized carbons (Fsp3) is 0.600. The van der Waals surface area contributed by atoms with E-state index in [0.717, 1.165) is 11.1 Å². The second-order valence-electron chi connectivity index (χ2n) is 8.28. The molecule has 1 aliphatic rings. The van der Waals surface area contributed by atoms with Gasteiger partial charge in [-0.25, -0.2) is 0 Å². The van der Waals surface area contributed by atoms with E-state index in [-0.39, 0.29) is 5.41 Å². The highest BCUT2D eigenvalue weighted by Gasteiger charge is 2.52. The van der Waals surface area contributed by atoms with Gasteiger partial charge in [0.25, 0.3) is 5.79 Å². The standard InChI is InChI=1S/C20H28O4/c1-8-20(7,14-11-9-10-13(12-14)18(2,3)4)15-16(21)23-19(5,6)24-17(15)22/h9-12,15H,8H2,1-7H3/t20-/m0/s1. The third-order valence-electron chi connectivity index (χ3n) is 4.92. The average Bonchev–Trinajstić information content (AvgIpc) is 2.44. The van der Waals surface area contributed by atoms with E-state index >= 15 is 0 Å². The van der Waals surface area contributed by atoms with Crippen molar-refractivity contribution in [2.24, 2.45) is 5.92 Å². The first kappa shape index (κ1) is 18.5. The van der Waals surface area contributed by atoms with Crippen molar-refractivity contribution in [1.29, 1.82) is 0 Å². The van der Waals surface area contributed by atoms with Crippen molar-refractivity contribution in [3.8, 4) is 0 Å². The lowest BCUT2D eigenvalue weighted by Gasteiger charge is -2.41. The molecule has 1 atom stereocenters. The lowest BCUT2D eigenvalue weighted by atomic mass is 9.68. The Kier molecular flexibility index (Phi) is 4.55. The summed E-state index contributed by atoms with van der Waals surface area (Å²) in [6.45, 7) is 13.5. The Hall–Kier alpha value is -1.84. The summed E-state index contributed by atoms with van der Waals surface area (Å²) in [5.41, 5.74) is 1.43. The number of hydrogen-bond donors (Lipinski definition) is 0. The van der Waals surface area contributed by atoms with Crippen LogP contribution in [0.4, 0.5) is 0 Å². The van der Waals surface area contributed by atoms with Gasteiger partial charge in [-0.05, 0) is 23.0 Å². The average molecular weight is 332 g/mol. The molecule has 1 saturated heterocycles. The predicted molar refractivity (Wildman–Crippen MR) is 92.5 cm³/mol. The molecule has 1 heterocycles. The smallest absolute Gasteiger partial charge is 0.324 e. The topological polar surface area (TPSA) is 52.6 Å². The van der Waals surface area contributed by atoms with Crippen molar-refractivity contribution >= 4 is 11.9 Å². The normalized spacial score (nSPS) is 21.0. The summed E-state index contributed by atoms with van der Waals surface area (Å²) in [6, 6.07) is 8.11. The summed E-state index contributed by atoms with van der Waals surface area (Å²) in [7, 11) is 0. The zero-order valence-electron chi connectivity index (χ0n) is 15.7. The molecule has 0 N–H and O–H groups in total. The number of rotatable bonds is 3. The Morgan fingerprint density at radius 3 is 1.96 bits per heavy atom. The molecule has 0 radical (unpaired) electrons. The van der Waals surface area contributed by atoms with E-state index < -0.39 is 29.1 Å². The molecule has 2 rings (SSSR count). The minimum absolute atomic E-state index is 0.0137. The Morgan fingerprint density at radius 2 is 1.50 bits per heavy atom. The fourth-order valence-electron chi connectivity index (χ4n) is 3.16. The molecule has 0 saturated carbocycles. The molecule has 1 aromatic carbocycles. The van der Waals surface area contributed by atoms with Gasteiger partial charge in [0.1, 0.15) is 0 Å². The van der Waals surface area contributed by atoms with E-state index in [9.17, 15) is 9.59 Å². The van der Waals surface area contributed by atoms with Crippen molar-refractivity contribution in [1.82, 2.24) is 0 Å². The molecule has 0 spiro atoms. The van der Waals surface area contributed by atoms with E-state index in [1.54, 1.807) is 13.8 Å². The molecule has 132 valence electrons. The molecule has 1 fully saturated rings. The van der Waals surface area contributed by atoms with Crippen molar-refractivity contribution in [2.75, 3.05) is 0 Å². The Balaban J connectivity index is 2.49. The number of carbonyl (C=O) groups excluding carboxylic acids is 2. The summed E-state index contributed by atoms with van der Waals surface area (Å²) in [4.78, 5) is 25.1. The molecular formula is C20H28O4. The number of esters is 2. The van der Waals surface area contributed by atoms with Gasteiger partial charge < -0.3 is 9.47 Å². The van der Waals surface area contributed by atoms with Crippen LogP contribution in [0.2, 0.25) is 0 Å². The van der Waals surface area contributed by atoms with Gasteiger partial charge in [-0.3, -0.25) is 9.59 Å². The molecule has 0 aliphatic carbocycles. The largest absolute Gasteiger partial charge is 0.422 e. The van der Waals surface area contributed by atoms with Crippen molar-refractivity contribution < 1.29 is 19.1 Å². The van der Waals surface area contributed by atoms with E-state index in [1.807, 2.05) is 26.0 Å². The second kappa shape index (κ2) is 5.91. The third kappa shape index (κ3) is 3.33. The molecule has 4 nitrogen and oxygen atoms in total. The number of carbonyl (C=O) groups is 2. The van der Waals surface area contributed by atoms with Crippen molar-refractivity contribution in [3.05, 3.63) is 35.4 Å². The van der Waals surface area contributed by atoms with Crippen LogP contribution in [0, 0.1) is 5.92 Å². The maximum absolute atomic E-state index is 12.6. The number of cyclic esters (lactones) is 2. The Morgan fingerprint density at radius 1 is 1.00 bits per heavy atom. The summed E-state index contributed by atoms with van der Waals surface area (Å²) in [5.74, 6) is -3.18. The maximum Gasteiger partial charge on any atom is 0.324 e. The minimum Gasteiger partial charge on any atom is -0.422 e. The van der Waals surface area contributed by atoms with E-state index in [0.29, 0.717) is 6.42 Å². The van der Waals surface area contributed by atoms with E-state index in [2.05, 4.69) is 32.9 Å². The van der Waals surface area contributed by atoms with Crippen LogP contribution < -0.4 is 0 Å². The van der Waals surface area contributed by atoms with Gasteiger partial charge in [0.15, 0.2) is 5.92 Å². The van der Waals surface area contributed by atoms with Gasteiger partial charge in [0.2, 0.25) is 0 Å². The van der Waals surface area contributed by atoms with Crippen molar-refractivity contribution in [3.63, 3.8) is 0 Å². The van der Waals surface area contributed by atoms with Crippen LogP contribution in [0.15, 0.2) is 24.3 Å². The first-order valence-electron chi connectivity index (χ1n) is 8.47. The number of ether oxygens (including phenoxy) is 2. The van der Waals surface area contributed by atoms with Crippen LogP contribution in [-0.2, 0) is 29.9 Å². The maximum atomic E-state index is 12.6. The van der Waals surface area contributed by atoms with Gasteiger partial charge in [-0.2, -0.15) is 0 Å². The van der Waals surface area contributed by atoms with Crippen LogP contribution in [0.1, 0.15) is 66.0 Å². The molecule has 24 heavy (non-hydrogen) atoms. The first-order chi connectivity index (χ1) is 10.9. The van der Waals surface area contributed by atoms with Gasteiger partial charge in [0.05, 0.1) is 0 Å². The summed E-state index contributed by atoms with van der Waals surface area (Å²) in [5, 5.41) is 0. The SMILES string of the molecule is CC[C@@](C)(c1cccc(C(C)(C)C)c1)C1C(=O)OC(C)(C)OC1=O. The highest BCUT2D eigenvalue weighted by Crippen LogP contribution is 2.41. The van der Waals surface area contributed by atoms with Crippen LogP contribution >= 0.6 is 0 Å². The zero-order chi connectivity index (χ0) is 18.3. The summed E-state index contributed by atoms with van der Waals surface area (Å²) >= 11 is 0. The molecule has 1 aromatic rings. The quantitative estimate of drug-likeness (QED) is 0.617. The van der Waals surface area contributed by atoms with Crippen LogP contribution in [0.3, 0.4) is 0 Å². The van der Waals surface area contributed by atoms with Gasteiger partial charge in [0, 0.05) is 19.3 Å². The molecule has 0 unspecified atom stereocenters. The molecule has 0 bridgehead atoms. The monoisotopic (exact) mass is 332 g/mol. The molecule has 0 aromatic heterocycles. The lowest BCUT2D eigenvalue weighted by Crippen LogP contribution is -2.53. The zero-order valence-corrected chi connectivity index (χ0v) is 15.7. The molecule has 4 heteroatoms. The van der Waals surface area contributed by atoms with E-state index in [1.165, 1.54) is 0 Å². The lowest BCUT2D eigenvalue weighted by molar-refractivity contribution is -0.243. The van der Waals surface area contributed by atoms with Gasteiger partial charge >= 0.3 is 11.9 Å². The highest BCUT2D eigenvalue weighted by molar-refractivity contribution is 5.98. The van der Waals surface area contributed by atoms with E-state index in [4.69, 9.17) is 9.47 Å². The predicted octanol–water partition coefficient (Wildman–Crippen LogP) is 4.10. The number of hydrogen-bond acceptors (Lipinski definition) is 4. The Bertz CT molecular complexity index is 634. The second-order valence-corrected chi connectivity index (χ2v) is 8.28. The summed E-state index contributed by atoms with van der Waals surface area (Å²) in [6.07, 6.45) is 0.621. The molecular weight excluding hydrogens is 304 g/mol. The van der Waals surface area contributed by atoms with Crippen LogP contribution in [0.25, 0.3) is 0 Å². The molecule has 0 amide bonds. The van der Waals surface area contributed by atoms with Gasteiger partial charge in [-0.15, -0.1) is 0 Å². The van der Waals surface area contributed by atoms with Crippen molar-refractivity contribution in [2.45, 2.75) is 71.5 Å². The fourth-order valence-corrected chi connectivity index (χ4v) is 3.16. The van der Waals surface area contributed by atoms with Crippen LogP contribution in [0.5, 0.6) is 0 Å². The highest BCUT2D eigenvalue weighted by atomic mass is 16.7. The minimum atomic E-state index is -1.20. The first-order valence-corrected chi connectivity index (χ1v) is 8.47. The van der Waals surface area contributed by atoms with Crippen LogP contribution in [-0.4, -0.2) is 17.7 Å². The Labute approximate surface area is 144 Å². The summed E-state index contributed by atoms with van der Waals surface area (Å²) < 4.78 is 10.7. The van der Waals surface area contributed by atoms with Gasteiger partial charge in [-0.1, -0.05) is 58.9 Å². The molecule has 1 aliphatic heterocycles. The number of benzene rings is 1.